The van der Waals surface area contributed by atoms with Crippen molar-refractivity contribution in [3.63, 3.8) is 0 Å². The van der Waals surface area contributed by atoms with Crippen LogP contribution in [-0.2, 0) is 15.5 Å². The summed E-state index contributed by atoms with van der Waals surface area (Å²) < 4.78 is 5.07. The number of halogens is 1. The zero-order valence-electron chi connectivity index (χ0n) is 11.6. The van der Waals surface area contributed by atoms with Gasteiger partial charge >= 0.3 is 5.97 Å². The molecule has 0 N–H and O–H groups in total. The van der Waals surface area contributed by atoms with Crippen molar-refractivity contribution < 1.29 is 9.53 Å². The highest BCUT2D eigenvalue weighted by atomic mass is 79.9. The molecule has 0 atom stereocenters. The number of nitrogens with zero attached hydrogens (tertiary/aromatic N) is 1. The first-order chi connectivity index (χ1) is 9.65. The summed E-state index contributed by atoms with van der Waals surface area (Å²) in [4.78, 5) is 12.0. The Balaban J connectivity index is 2.45. The lowest BCUT2D eigenvalue weighted by Gasteiger charge is -2.22. The molecule has 4 heteroatoms. The summed E-state index contributed by atoms with van der Waals surface area (Å²) in [5, 5.41) is 10.2. The van der Waals surface area contributed by atoms with E-state index in [1.54, 1.807) is 6.92 Å². The van der Waals surface area contributed by atoms with Gasteiger partial charge in [-0.05, 0) is 43.0 Å². The Morgan fingerprint density at radius 3 is 2.65 bits per heavy atom. The molecule has 0 unspecified atom stereocenters. The van der Waals surface area contributed by atoms with Gasteiger partial charge in [-0.15, -0.1) is 0 Å². The largest absolute Gasteiger partial charge is 0.462 e. The van der Waals surface area contributed by atoms with Gasteiger partial charge in [-0.25, -0.2) is 4.79 Å². The van der Waals surface area contributed by atoms with Gasteiger partial charge in [0.15, 0.2) is 0 Å². The molecule has 0 bridgehead atoms. The quantitative estimate of drug-likeness (QED) is 0.615. The van der Waals surface area contributed by atoms with Crippen LogP contribution in [0.2, 0.25) is 0 Å². The van der Waals surface area contributed by atoms with E-state index in [2.05, 4.69) is 22.0 Å². The number of rotatable bonds is 4. The van der Waals surface area contributed by atoms with Crippen LogP contribution in [0, 0.1) is 11.3 Å². The van der Waals surface area contributed by atoms with Crippen LogP contribution in [0.5, 0.6) is 0 Å². The summed E-state index contributed by atoms with van der Waals surface area (Å²) >= 11 is 3.43. The number of carbonyl (C=O) groups is 1. The molecule has 0 amide bonds. The fourth-order valence-electron chi connectivity index (χ4n) is 2.82. The van der Waals surface area contributed by atoms with Crippen LogP contribution in [0.3, 0.4) is 0 Å². The van der Waals surface area contributed by atoms with Crippen molar-refractivity contribution in [3.8, 4) is 6.07 Å². The Hall–Kier alpha value is -1.34. The zero-order valence-corrected chi connectivity index (χ0v) is 13.2. The molecule has 2 rings (SSSR count). The third-order valence-electron chi connectivity index (χ3n) is 3.88. The van der Waals surface area contributed by atoms with E-state index in [0.717, 1.165) is 36.8 Å². The van der Waals surface area contributed by atoms with E-state index < -0.39 is 5.41 Å². The van der Waals surface area contributed by atoms with Gasteiger partial charge in [-0.1, -0.05) is 34.8 Å². The van der Waals surface area contributed by atoms with Crippen molar-refractivity contribution in [2.45, 2.75) is 43.4 Å². The molecule has 1 aromatic carbocycles. The highest BCUT2D eigenvalue weighted by Gasteiger charge is 2.36. The predicted octanol–water partition coefficient (Wildman–Crippen LogP) is 4.09. The number of carbonyl (C=O) groups excluding carboxylic acids is 1. The van der Waals surface area contributed by atoms with E-state index in [0.29, 0.717) is 17.5 Å². The maximum Gasteiger partial charge on any atom is 0.338 e. The van der Waals surface area contributed by atoms with Gasteiger partial charge in [-0.2, -0.15) is 5.26 Å². The minimum atomic E-state index is -0.431. The molecule has 0 aromatic heterocycles. The number of hydrogen-bond acceptors (Lipinski definition) is 3. The van der Waals surface area contributed by atoms with Crippen LogP contribution in [0.4, 0.5) is 0 Å². The summed E-state index contributed by atoms with van der Waals surface area (Å²) in [5.41, 5.74) is 2.07. The standard InChI is InChI=1S/C16H18BrNO2/c1-2-20-15(19)13-7-12(10-17)8-14(9-13)16(11-18)5-3-4-6-16/h7-9H,2-6,10H2,1H3. The monoisotopic (exact) mass is 335 g/mol. The van der Waals surface area contributed by atoms with Gasteiger partial charge in [0.1, 0.15) is 0 Å². The molecular weight excluding hydrogens is 318 g/mol. The van der Waals surface area contributed by atoms with Crippen molar-refractivity contribution in [3.05, 3.63) is 34.9 Å². The molecule has 106 valence electrons. The first kappa shape index (κ1) is 15.1. The lowest BCUT2D eigenvalue weighted by molar-refractivity contribution is 0.0526. The average Bonchev–Trinajstić information content (AvgIpc) is 2.97. The van der Waals surface area contributed by atoms with Gasteiger partial charge < -0.3 is 4.74 Å². The normalized spacial score (nSPS) is 16.6. The summed E-state index contributed by atoms with van der Waals surface area (Å²) in [6.07, 6.45) is 3.89. The van der Waals surface area contributed by atoms with Crippen molar-refractivity contribution in [2.24, 2.45) is 0 Å². The van der Waals surface area contributed by atoms with E-state index in [-0.39, 0.29) is 5.97 Å². The number of nitriles is 1. The van der Waals surface area contributed by atoms with E-state index in [9.17, 15) is 10.1 Å². The first-order valence-corrected chi connectivity index (χ1v) is 8.06. The molecule has 3 nitrogen and oxygen atoms in total. The lowest BCUT2D eigenvalue weighted by Crippen LogP contribution is -2.20. The fraction of sp³-hybridized carbons (Fsp3) is 0.500. The Morgan fingerprint density at radius 1 is 1.40 bits per heavy atom. The third kappa shape index (κ3) is 2.88. The van der Waals surface area contributed by atoms with Gasteiger partial charge in [0, 0.05) is 5.33 Å². The number of ether oxygens (including phenoxy) is 1. The minimum absolute atomic E-state index is 0.317. The van der Waals surface area contributed by atoms with Crippen LogP contribution in [0.25, 0.3) is 0 Å². The SMILES string of the molecule is CCOC(=O)c1cc(CBr)cc(C2(C#N)CCCC2)c1. The smallest absolute Gasteiger partial charge is 0.338 e. The predicted molar refractivity (Wildman–Crippen MR) is 80.8 cm³/mol. The highest BCUT2D eigenvalue weighted by Crippen LogP contribution is 2.41. The maximum atomic E-state index is 12.0. The Morgan fingerprint density at radius 2 is 2.10 bits per heavy atom. The van der Waals surface area contributed by atoms with E-state index in [1.165, 1.54) is 0 Å². The second-order valence-electron chi connectivity index (χ2n) is 5.17. The van der Waals surface area contributed by atoms with Crippen LogP contribution < -0.4 is 0 Å². The Labute approximate surface area is 128 Å². The van der Waals surface area contributed by atoms with Crippen molar-refractivity contribution in [1.29, 1.82) is 5.26 Å². The summed E-state index contributed by atoms with van der Waals surface area (Å²) in [6.45, 7) is 2.15. The fourth-order valence-corrected chi connectivity index (χ4v) is 3.15. The van der Waals surface area contributed by atoms with Gasteiger partial charge in [0.25, 0.3) is 0 Å². The van der Waals surface area contributed by atoms with E-state index in [1.807, 2.05) is 18.2 Å². The molecule has 0 heterocycles. The topological polar surface area (TPSA) is 50.1 Å². The number of esters is 1. The number of benzene rings is 1. The third-order valence-corrected chi connectivity index (χ3v) is 4.53. The molecule has 1 aliphatic rings. The molecule has 0 radical (unpaired) electrons. The molecule has 1 fully saturated rings. The van der Waals surface area contributed by atoms with Crippen LogP contribution >= 0.6 is 15.9 Å². The van der Waals surface area contributed by atoms with Crippen molar-refractivity contribution >= 4 is 21.9 Å². The van der Waals surface area contributed by atoms with Crippen LogP contribution in [-0.4, -0.2) is 12.6 Å². The zero-order chi connectivity index (χ0) is 14.6. The molecular formula is C16H18BrNO2. The molecule has 20 heavy (non-hydrogen) atoms. The van der Waals surface area contributed by atoms with Crippen LogP contribution in [0.15, 0.2) is 18.2 Å². The highest BCUT2D eigenvalue weighted by molar-refractivity contribution is 9.08. The lowest BCUT2D eigenvalue weighted by atomic mass is 9.79. The molecule has 1 saturated carbocycles. The number of hydrogen-bond donors (Lipinski definition) is 0. The van der Waals surface area contributed by atoms with Gasteiger partial charge in [0.2, 0.25) is 0 Å². The van der Waals surface area contributed by atoms with Gasteiger partial charge in [0.05, 0.1) is 23.7 Å². The first-order valence-electron chi connectivity index (χ1n) is 6.94. The second kappa shape index (κ2) is 6.41. The Bertz CT molecular complexity index is 542. The summed E-state index contributed by atoms with van der Waals surface area (Å²) in [6, 6.07) is 8.17. The van der Waals surface area contributed by atoms with Crippen LogP contribution in [0.1, 0.15) is 54.1 Å². The average molecular weight is 336 g/mol. The van der Waals surface area contributed by atoms with Crippen molar-refractivity contribution in [1.82, 2.24) is 0 Å². The minimum Gasteiger partial charge on any atom is -0.462 e. The summed E-state index contributed by atoms with van der Waals surface area (Å²) in [7, 11) is 0. The van der Waals surface area contributed by atoms with E-state index >= 15 is 0 Å². The molecule has 0 saturated heterocycles. The van der Waals surface area contributed by atoms with Crippen molar-refractivity contribution in [2.75, 3.05) is 6.61 Å². The number of alkyl halides is 1. The van der Waals surface area contributed by atoms with E-state index in [4.69, 9.17) is 4.74 Å². The summed E-state index contributed by atoms with van der Waals surface area (Å²) in [5.74, 6) is -0.317. The molecule has 1 aliphatic carbocycles. The second-order valence-corrected chi connectivity index (χ2v) is 5.73. The maximum absolute atomic E-state index is 12.0. The molecule has 0 spiro atoms. The Kier molecular flexibility index (Phi) is 4.82. The van der Waals surface area contributed by atoms with Gasteiger partial charge in [-0.3, -0.25) is 0 Å². The molecule has 0 aliphatic heterocycles. The molecule has 1 aromatic rings.